The maximum Gasteiger partial charge on any atom is 0.179 e. The van der Waals surface area contributed by atoms with Crippen molar-refractivity contribution in [3.05, 3.63) is 118 Å². The van der Waals surface area contributed by atoms with Crippen LogP contribution in [0.25, 0.3) is 22.2 Å². The Kier molecular flexibility index (Phi) is 11.0. The lowest BCUT2D eigenvalue weighted by atomic mass is 10.1. The van der Waals surface area contributed by atoms with Crippen LogP contribution < -0.4 is 20.1 Å². The van der Waals surface area contributed by atoms with Gasteiger partial charge in [0.05, 0.1) is 39.0 Å². The number of ether oxygens (including phenoxy) is 2. The van der Waals surface area contributed by atoms with Gasteiger partial charge < -0.3 is 20.1 Å². The molecule has 252 valence electrons. The van der Waals surface area contributed by atoms with E-state index >= 15 is 0 Å². The third kappa shape index (κ3) is 8.70. The number of aryl methyl sites for hydroxylation is 1. The van der Waals surface area contributed by atoms with Gasteiger partial charge in [-0.25, -0.2) is 27.8 Å². The average molecular weight is 718 g/mol. The Morgan fingerprint density at radius 1 is 0.939 bits per heavy atom. The molecule has 0 amide bonds. The first-order valence-corrected chi connectivity index (χ1v) is 18.4. The van der Waals surface area contributed by atoms with Crippen molar-refractivity contribution in [2.24, 2.45) is 0 Å². The van der Waals surface area contributed by atoms with E-state index in [2.05, 4.69) is 20.6 Å². The van der Waals surface area contributed by atoms with Crippen molar-refractivity contribution < 1.29 is 22.3 Å². The molecule has 2 aromatic heterocycles. The smallest absolute Gasteiger partial charge is 0.179 e. The maximum atomic E-state index is 13.5. The molecule has 0 spiro atoms. The van der Waals surface area contributed by atoms with Gasteiger partial charge in [-0.1, -0.05) is 41.9 Å². The van der Waals surface area contributed by atoms with Crippen LogP contribution in [-0.4, -0.2) is 49.3 Å². The first kappa shape index (κ1) is 34.3. The van der Waals surface area contributed by atoms with E-state index in [0.29, 0.717) is 57.1 Å². The Bertz CT molecular complexity index is 2170. The van der Waals surface area contributed by atoms with Gasteiger partial charge in [-0.05, 0) is 67.1 Å². The number of nitrogens with zero attached hydrogens (tertiary/aromatic N) is 3. The highest BCUT2D eigenvalue weighted by atomic mass is 35.5. The Balaban J connectivity index is 1.10. The SMILES string of the molecule is COc1cc2ncnc(Nc3ccc(OCc4cccc(F)c4)c(Cl)c3)c2cc1-c1csc(CCCNCCS(=O)(=O)c2ccccc2)n1. The van der Waals surface area contributed by atoms with Crippen molar-refractivity contribution >= 4 is 55.2 Å². The van der Waals surface area contributed by atoms with E-state index in [4.69, 9.17) is 26.1 Å². The number of hydrogen-bond acceptors (Lipinski definition) is 10. The minimum absolute atomic E-state index is 0.0471. The summed E-state index contributed by atoms with van der Waals surface area (Å²) in [5.74, 6) is 1.41. The molecule has 0 aliphatic heterocycles. The van der Waals surface area contributed by atoms with Gasteiger partial charge in [0.15, 0.2) is 9.84 Å². The summed E-state index contributed by atoms with van der Waals surface area (Å²) in [4.78, 5) is 14.2. The van der Waals surface area contributed by atoms with E-state index in [0.717, 1.165) is 34.5 Å². The predicted molar refractivity (Wildman–Crippen MR) is 192 cm³/mol. The molecule has 2 N–H and O–H groups in total. The Morgan fingerprint density at radius 2 is 1.80 bits per heavy atom. The van der Waals surface area contributed by atoms with E-state index in [1.807, 2.05) is 23.6 Å². The quantitative estimate of drug-likeness (QED) is 0.102. The molecule has 0 bridgehead atoms. The number of thiazole rings is 1. The lowest BCUT2D eigenvalue weighted by Crippen LogP contribution is -2.24. The number of rotatable bonds is 15. The fourth-order valence-electron chi connectivity index (χ4n) is 5.16. The molecule has 0 radical (unpaired) electrons. The zero-order valence-corrected chi connectivity index (χ0v) is 28.9. The molecule has 0 saturated heterocycles. The number of aromatic nitrogens is 3. The highest BCUT2D eigenvalue weighted by Crippen LogP contribution is 2.37. The molecule has 2 heterocycles. The highest BCUT2D eigenvalue weighted by Gasteiger charge is 2.16. The molecule has 0 saturated carbocycles. The predicted octanol–water partition coefficient (Wildman–Crippen LogP) is 7.87. The summed E-state index contributed by atoms with van der Waals surface area (Å²) in [7, 11) is -1.69. The number of halogens is 2. The zero-order valence-electron chi connectivity index (χ0n) is 26.5. The van der Waals surface area contributed by atoms with Gasteiger partial charge in [0.25, 0.3) is 0 Å². The standard InChI is InChI=1S/C36H33ClFN5O4S2/c1-46-34-20-31-29(36(41-23-40-31)42-26-12-13-33(30(37)18-26)47-21-24-7-5-8-25(38)17-24)19-28(34)32-22-48-35(43-32)11-6-14-39-15-16-49(44,45)27-9-3-2-4-10-27/h2-5,7-10,12-13,17-20,22-23,39H,6,11,14-16,21H2,1H3,(H,40,41,42). The van der Waals surface area contributed by atoms with Crippen LogP contribution in [0.5, 0.6) is 11.5 Å². The summed E-state index contributed by atoms with van der Waals surface area (Å²) in [5.41, 5.74) is 3.67. The normalized spacial score (nSPS) is 11.5. The monoisotopic (exact) mass is 717 g/mol. The number of benzene rings is 4. The number of hydrogen-bond donors (Lipinski definition) is 2. The third-order valence-corrected chi connectivity index (χ3v) is 10.6. The molecule has 6 aromatic rings. The molecule has 0 fully saturated rings. The molecule has 6 rings (SSSR count). The molecule has 0 aliphatic rings. The van der Waals surface area contributed by atoms with Crippen LogP contribution in [0.4, 0.5) is 15.9 Å². The minimum atomic E-state index is -3.30. The Labute approximate surface area is 293 Å². The second-order valence-electron chi connectivity index (χ2n) is 11.1. The van der Waals surface area contributed by atoms with E-state index in [1.165, 1.54) is 18.5 Å². The van der Waals surface area contributed by atoms with Crippen LogP contribution in [0.1, 0.15) is 17.0 Å². The first-order valence-electron chi connectivity index (χ1n) is 15.5. The largest absolute Gasteiger partial charge is 0.496 e. The Hall–Kier alpha value is -4.62. The maximum absolute atomic E-state index is 13.5. The van der Waals surface area contributed by atoms with Gasteiger partial charge in [-0.3, -0.25) is 0 Å². The van der Waals surface area contributed by atoms with Crippen LogP contribution in [0.3, 0.4) is 0 Å². The number of methoxy groups -OCH3 is 1. The molecule has 0 aliphatic carbocycles. The van der Waals surface area contributed by atoms with Gasteiger partial charge in [0.2, 0.25) is 0 Å². The van der Waals surface area contributed by atoms with E-state index in [9.17, 15) is 12.8 Å². The van der Waals surface area contributed by atoms with Crippen molar-refractivity contribution in [3.8, 4) is 22.8 Å². The average Bonchev–Trinajstić information content (AvgIpc) is 3.58. The summed E-state index contributed by atoms with van der Waals surface area (Å²) in [6.45, 7) is 1.24. The van der Waals surface area contributed by atoms with E-state index in [1.54, 1.807) is 73.0 Å². The second-order valence-corrected chi connectivity index (χ2v) is 14.6. The fourth-order valence-corrected chi connectivity index (χ4v) is 7.46. The van der Waals surface area contributed by atoms with Gasteiger partial charge in [-0.15, -0.1) is 11.3 Å². The molecule has 9 nitrogen and oxygen atoms in total. The number of sulfone groups is 1. The molecule has 0 atom stereocenters. The van der Waals surface area contributed by atoms with Gasteiger partial charge in [0.1, 0.15) is 36.1 Å². The van der Waals surface area contributed by atoms with Gasteiger partial charge in [0, 0.05) is 41.0 Å². The molecule has 13 heteroatoms. The van der Waals surface area contributed by atoms with Crippen molar-refractivity contribution in [2.45, 2.75) is 24.3 Å². The van der Waals surface area contributed by atoms with Gasteiger partial charge in [-0.2, -0.15) is 0 Å². The first-order chi connectivity index (χ1) is 23.8. The van der Waals surface area contributed by atoms with Crippen molar-refractivity contribution in [3.63, 3.8) is 0 Å². The zero-order chi connectivity index (χ0) is 34.2. The van der Waals surface area contributed by atoms with Crippen LogP contribution in [0.15, 0.2) is 102 Å². The second kappa shape index (κ2) is 15.7. The van der Waals surface area contributed by atoms with Crippen LogP contribution >= 0.6 is 22.9 Å². The summed E-state index contributed by atoms with van der Waals surface area (Å²) >= 11 is 8.10. The number of nitrogens with one attached hydrogen (secondary N) is 2. The topological polar surface area (TPSA) is 115 Å². The van der Waals surface area contributed by atoms with Crippen molar-refractivity contribution in [2.75, 3.05) is 31.3 Å². The highest BCUT2D eigenvalue weighted by molar-refractivity contribution is 7.91. The molecule has 0 unspecified atom stereocenters. The van der Waals surface area contributed by atoms with Gasteiger partial charge >= 0.3 is 0 Å². The minimum Gasteiger partial charge on any atom is -0.496 e. The van der Waals surface area contributed by atoms with E-state index in [-0.39, 0.29) is 18.2 Å². The van der Waals surface area contributed by atoms with E-state index < -0.39 is 9.84 Å². The van der Waals surface area contributed by atoms with Crippen LogP contribution in [-0.2, 0) is 22.9 Å². The molecular formula is C36H33ClFN5O4S2. The number of fused-ring (bicyclic) bond motifs is 1. The molecule has 4 aromatic carbocycles. The molecular weight excluding hydrogens is 685 g/mol. The lowest BCUT2D eigenvalue weighted by Gasteiger charge is -2.13. The Morgan fingerprint density at radius 3 is 2.59 bits per heavy atom. The summed E-state index contributed by atoms with van der Waals surface area (Å²) in [5, 5.41) is 10.7. The number of anilines is 2. The summed E-state index contributed by atoms with van der Waals surface area (Å²) in [6.07, 6.45) is 3.04. The van der Waals surface area contributed by atoms with Crippen molar-refractivity contribution in [1.29, 1.82) is 0 Å². The summed E-state index contributed by atoms with van der Waals surface area (Å²) in [6, 6.07) is 23.9. The fraction of sp³-hybridized carbons (Fsp3) is 0.194. The van der Waals surface area contributed by atoms with Crippen LogP contribution in [0, 0.1) is 5.82 Å². The van der Waals surface area contributed by atoms with Crippen molar-refractivity contribution in [1.82, 2.24) is 20.3 Å². The van der Waals surface area contributed by atoms with Crippen LogP contribution in [0.2, 0.25) is 5.02 Å². The third-order valence-electron chi connectivity index (χ3n) is 7.66. The summed E-state index contributed by atoms with van der Waals surface area (Å²) < 4.78 is 50.0. The lowest BCUT2D eigenvalue weighted by molar-refractivity contribution is 0.306. The molecule has 49 heavy (non-hydrogen) atoms.